The fraction of sp³-hybridized carbons (Fsp3) is 0.567. The van der Waals surface area contributed by atoms with Crippen LogP contribution in [-0.2, 0) is 6.42 Å². The Hall–Kier alpha value is -2.07. The Bertz CT molecular complexity index is 801. The molecule has 31 heavy (non-hydrogen) atoms. The zero-order valence-corrected chi connectivity index (χ0v) is 19.8. The first-order chi connectivity index (χ1) is 15.2. The van der Waals surface area contributed by atoms with E-state index in [4.69, 9.17) is 0 Å². The van der Waals surface area contributed by atoms with Crippen LogP contribution in [0.15, 0.2) is 48.5 Å². The molecule has 0 radical (unpaired) electrons. The first kappa shape index (κ1) is 23.6. The zero-order chi connectivity index (χ0) is 21.9. The van der Waals surface area contributed by atoms with E-state index >= 15 is 0 Å². The van der Waals surface area contributed by atoms with Gasteiger partial charge in [0, 0.05) is 0 Å². The highest BCUT2D eigenvalue weighted by Gasteiger charge is 2.35. The number of nitrogens with zero attached hydrogens (tertiary/aromatic N) is 1. The van der Waals surface area contributed by atoms with Crippen molar-refractivity contribution in [2.75, 3.05) is 0 Å². The highest BCUT2D eigenvalue weighted by Crippen LogP contribution is 2.45. The summed E-state index contributed by atoms with van der Waals surface area (Å²) in [6.07, 6.45) is 15.8. The van der Waals surface area contributed by atoms with Gasteiger partial charge in [-0.1, -0.05) is 101 Å². The van der Waals surface area contributed by atoms with Crippen molar-refractivity contribution in [3.63, 3.8) is 0 Å². The Labute approximate surface area is 190 Å². The zero-order valence-electron chi connectivity index (χ0n) is 19.8. The van der Waals surface area contributed by atoms with Crippen molar-refractivity contribution in [2.24, 2.45) is 5.41 Å². The lowest BCUT2D eigenvalue weighted by Gasteiger charge is -2.35. The number of aryl methyl sites for hydroxylation is 1. The van der Waals surface area contributed by atoms with Crippen LogP contribution >= 0.6 is 0 Å². The van der Waals surface area contributed by atoms with Gasteiger partial charge >= 0.3 is 0 Å². The Balaban J connectivity index is 1.53. The average molecular weight is 416 g/mol. The predicted molar refractivity (Wildman–Crippen MR) is 133 cm³/mol. The number of hydrogen-bond donors (Lipinski definition) is 0. The van der Waals surface area contributed by atoms with E-state index in [1.807, 2.05) is 0 Å². The lowest BCUT2D eigenvalue weighted by Crippen LogP contribution is -2.25. The molecule has 3 rings (SSSR count). The van der Waals surface area contributed by atoms with Gasteiger partial charge in [0.05, 0.1) is 11.5 Å². The van der Waals surface area contributed by atoms with Crippen LogP contribution in [-0.4, -0.2) is 0 Å². The van der Waals surface area contributed by atoms with Crippen molar-refractivity contribution in [3.05, 3.63) is 59.7 Å². The maximum atomic E-state index is 9.74. The van der Waals surface area contributed by atoms with Gasteiger partial charge in [0.15, 0.2) is 0 Å². The van der Waals surface area contributed by atoms with Gasteiger partial charge in [-0.3, -0.25) is 0 Å². The number of hydrogen-bond acceptors (Lipinski definition) is 1. The van der Waals surface area contributed by atoms with E-state index < -0.39 is 0 Å². The van der Waals surface area contributed by atoms with E-state index in [-0.39, 0.29) is 5.41 Å². The second-order valence-electron chi connectivity index (χ2n) is 9.75. The number of unbranched alkanes of at least 4 members (excludes halogenated alkanes) is 5. The third kappa shape index (κ3) is 6.70. The largest absolute Gasteiger partial charge is 0.198 e. The molecule has 1 nitrogen and oxygen atoms in total. The first-order valence-electron chi connectivity index (χ1n) is 12.8. The number of nitriles is 1. The molecule has 0 bridgehead atoms. The minimum Gasteiger partial charge on any atom is -0.198 e. The van der Waals surface area contributed by atoms with Crippen molar-refractivity contribution in [1.82, 2.24) is 0 Å². The highest BCUT2D eigenvalue weighted by molar-refractivity contribution is 5.64. The second-order valence-corrected chi connectivity index (χ2v) is 9.75. The van der Waals surface area contributed by atoms with Crippen LogP contribution in [0.5, 0.6) is 0 Å². The number of benzene rings is 2. The molecule has 0 unspecified atom stereocenters. The van der Waals surface area contributed by atoms with Crippen molar-refractivity contribution in [1.29, 1.82) is 5.26 Å². The van der Waals surface area contributed by atoms with E-state index in [9.17, 15) is 5.26 Å². The van der Waals surface area contributed by atoms with Crippen LogP contribution in [0.2, 0.25) is 0 Å². The Morgan fingerprint density at radius 2 is 1.35 bits per heavy atom. The van der Waals surface area contributed by atoms with Crippen molar-refractivity contribution < 1.29 is 0 Å². The normalized spacial score (nSPS) is 21.0. The molecule has 1 aliphatic rings. The topological polar surface area (TPSA) is 23.8 Å². The second kappa shape index (κ2) is 12.1. The smallest absolute Gasteiger partial charge is 0.0689 e. The van der Waals surface area contributed by atoms with E-state index in [2.05, 4.69) is 68.4 Å². The maximum absolute atomic E-state index is 9.74. The van der Waals surface area contributed by atoms with Crippen LogP contribution < -0.4 is 0 Å². The standard InChI is InChI=1S/C30H41N/c1-3-5-7-8-9-10-25-11-13-26(14-12-25)27-15-17-28(18-16-27)29-19-22-30(24-31,23-20-29)21-6-4-2/h11-18,29H,3-10,19-23H2,1-2H3. The van der Waals surface area contributed by atoms with E-state index in [0.717, 1.165) is 32.1 Å². The first-order valence-corrected chi connectivity index (χ1v) is 12.8. The molecule has 2 aromatic rings. The lowest BCUT2D eigenvalue weighted by molar-refractivity contribution is 0.224. The molecule has 0 heterocycles. The molecule has 0 amide bonds. The Morgan fingerprint density at radius 1 is 0.774 bits per heavy atom. The Morgan fingerprint density at radius 3 is 1.94 bits per heavy atom. The summed E-state index contributed by atoms with van der Waals surface area (Å²) in [4.78, 5) is 0. The van der Waals surface area contributed by atoms with E-state index in [0.29, 0.717) is 5.92 Å². The maximum Gasteiger partial charge on any atom is 0.0689 e. The van der Waals surface area contributed by atoms with Crippen LogP contribution in [0.25, 0.3) is 11.1 Å². The summed E-state index contributed by atoms with van der Waals surface area (Å²) in [5, 5.41) is 9.74. The van der Waals surface area contributed by atoms with Gasteiger partial charge in [0.2, 0.25) is 0 Å². The fourth-order valence-electron chi connectivity index (χ4n) is 5.18. The third-order valence-corrected chi connectivity index (χ3v) is 7.43. The number of rotatable bonds is 11. The average Bonchev–Trinajstić information content (AvgIpc) is 2.83. The molecule has 1 saturated carbocycles. The van der Waals surface area contributed by atoms with E-state index in [1.165, 1.54) is 73.6 Å². The molecule has 0 aromatic heterocycles. The monoisotopic (exact) mass is 415 g/mol. The highest BCUT2D eigenvalue weighted by atomic mass is 14.4. The summed E-state index contributed by atoms with van der Waals surface area (Å²) in [7, 11) is 0. The van der Waals surface area contributed by atoms with Crippen molar-refractivity contribution in [2.45, 2.75) is 103 Å². The summed E-state index contributed by atoms with van der Waals surface area (Å²) in [6, 6.07) is 21.1. The molecular weight excluding hydrogens is 374 g/mol. The summed E-state index contributed by atoms with van der Waals surface area (Å²) in [5.74, 6) is 0.618. The molecule has 2 aromatic carbocycles. The summed E-state index contributed by atoms with van der Waals surface area (Å²) in [5.41, 5.74) is 5.48. The van der Waals surface area contributed by atoms with Gasteiger partial charge in [-0.15, -0.1) is 0 Å². The van der Waals surface area contributed by atoms with Crippen molar-refractivity contribution in [3.8, 4) is 17.2 Å². The summed E-state index contributed by atoms with van der Waals surface area (Å²) >= 11 is 0. The van der Waals surface area contributed by atoms with Crippen LogP contribution in [0, 0.1) is 16.7 Å². The lowest BCUT2D eigenvalue weighted by atomic mass is 9.67. The summed E-state index contributed by atoms with van der Waals surface area (Å²) < 4.78 is 0. The third-order valence-electron chi connectivity index (χ3n) is 7.43. The predicted octanol–water partition coefficient (Wildman–Crippen LogP) is 9.22. The molecule has 166 valence electrons. The molecule has 0 N–H and O–H groups in total. The van der Waals surface area contributed by atoms with Crippen LogP contribution in [0.1, 0.15) is 108 Å². The molecule has 1 heteroatoms. The van der Waals surface area contributed by atoms with Gasteiger partial charge in [0.25, 0.3) is 0 Å². The van der Waals surface area contributed by atoms with Crippen LogP contribution in [0.4, 0.5) is 0 Å². The molecule has 0 saturated heterocycles. The molecule has 1 aliphatic carbocycles. The minimum atomic E-state index is -0.0514. The van der Waals surface area contributed by atoms with Crippen LogP contribution in [0.3, 0.4) is 0 Å². The van der Waals surface area contributed by atoms with Gasteiger partial charge in [-0.2, -0.15) is 5.26 Å². The molecular formula is C30H41N. The molecule has 0 atom stereocenters. The SMILES string of the molecule is CCCCCCCc1ccc(-c2ccc(C3CCC(C#N)(CCCC)CC3)cc2)cc1. The molecule has 1 fully saturated rings. The van der Waals surface area contributed by atoms with Gasteiger partial charge in [-0.05, 0) is 73.1 Å². The Kier molecular flexibility index (Phi) is 9.20. The van der Waals surface area contributed by atoms with E-state index in [1.54, 1.807) is 0 Å². The fourth-order valence-corrected chi connectivity index (χ4v) is 5.18. The molecule has 0 spiro atoms. The minimum absolute atomic E-state index is 0.0514. The van der Waals surface area contributed by atoms with Gasteiger partial charge in [0.1, 0.15) is 0 Å². The van der Waals surface area contributed by atoms with Gasteiger partial charge in [-0.25, -0.2) is 0 Å². The quantitative estimate of drug-likeness (QED) is 0.335. The molecule has 0 aliphatic heterocycles. The van der Waals surface area contributed by atoms with Crippen molar-refractivity contribution >= 4 is 0 Å². The summed E-state index contributed by atoms with van der Waals surface area (Å²) in [6.45, 7) is 4.49. The van der Waals surface area contributed by atoms with Gasteiger partial charge < -0.3 is 0 Å².